The lowest BCUT2D eigenvalue weighted by Crippen LogP contribution is -2.30. The molecule has 378 valence electrons. The van der Waals surface area contributed by atoms with Gasteiger partial charge < -0.3 is 14.2 Å². The summed E-state index contributed by atoms with van der Waals surface area (Å²) in [5, 5.41) is 0. The van der Waals surface area contributed by atoms with Crippen LogP contribution < -0.4 is 0 Å². The van der Waals surface area contributed by atoms with Crippen molar-refractivity contribution in [1.82, 2.24) is 0 Å². The average Bonchev–Trinajstić information content (AvgIpc) is 3.31. The van der Waals surface area contributed by atoms with E-state index in [4.69, 9.17) is 14.2 Å². The zero-order valence-corrected chi connectivity index (χ0v) is 43.2. The second-order valence-corrected chi connectivity index (χ2v) is 18.2. The molecule has 1 atom stereocenters. The van der Waals surface area contributed by atoms with Gasteiger partial charge in [-0.1, -0.05) is 228 Å². The van der Waals surface area contributed by atoms with Crippen LogP contribution >= 0.6 is 0 Å². The first-order chi connectivity index (χ1) is 32.5. The highest BCUT2D eigenvalue weighted by atomic mass is 16.6. The van der Waals surface area contributed by atoms with Gasteiger partial charge in [-0.05, 0) is 96.3 Å². The van der Waals surface area contributed by atoms with Gasteiger partial charge in [-0.3, -0.25) is 14.4 Å². The second kappa shape index (κ2) is 54.2. The summed E-state index contributed by atoms with van der Waals surface area (Å²) < 4.78 is 16.8. The molecule has 6 heteroatoms. The lowest BCUT2D eigenvalue weighted by atomic mass is 10.1. The summed E-state index contributed by atoms with van der Waals surface area (Å²) >= 11 is 0. The van der Waals surface area contributed by atoms with E-state index in [9.17, 15) is 14.4 Å². The van der Waals surface area contributed by atoms with E-state index >= 15 is 0 Å². The predicted molar refractivity (Wildman–Crippen MR) is 284 cm³/mol. The minimum atomic E-state index is -0.794. The van der Waals surface area contributed by atoms with Gasteiger partial charge in [0.15, 0.2) is 6.10 Å². The van der Waals surface area contributed by atoms with Crippen molar-refractivity contribution in [3.05, 3.63) is 85.1 Å². The van der Waals surface area contributed by atoms with Gasteiger partial charge in [0.2, 0.25) is 0 Å². The maximum absolute atomic E-state index is 12.8. The third-order valence-electron chi connectivity index (χ3n) is 11.7. The Morgan fingerprint density at radius 1 is 0.333 bits per heavy atom. The molecule has 0 bridgehead atoms. The largest absolute Gasteiger partial charge is 0.462 e. The minimum absolute atomic E-state index is 0.0921. The van der Waals surface area contributed by atoms with Gasteiger partial charge in [0, 0.05) is 19.3 Å². The third kappa shape index (κ3) is 51.6. The summed E-state index contributed by atoms with van der Waals surface area (Å²) in [7, 11) is 0. The van der Waals surface area contributed by atoms with Crippen LogP contribution in [0.5, 0.6) is 0 Å². The van der Waals surface area contributed by atoms with Crippen molar-refractivity contribution in [3.8, 4) is 0 Å². The summed E-state index contributed by atoms with van der Waals surface area (Å²) in [5.74, 6) is -0.928. The number of carbonyl (C=O) groups is 3. The van der Waals surface area contributed by atoms with Crippen LogP contribution in [0.3, 0.4) is 0 Å². The molecule has 0 aromatic carbocycles. The standard InChI is InChI=1S/C60H102O6/c1-4-7-10-13-16-19-22-25-28-30-31-33-35-38-41-44-47-50-53-59(62)65-56-57(55-64-58(61)52-49-46-43-40-37-34-27-24-21-18-15-12-9-6-3)66-60(63)54-51-48-45-42-39-36-32-29-26-23-20-17-14-11-8-5-2/h9,12,16,18-19,21-22,25,28-33,57H,4-8,10-11,13-15,17,20,23-24,26-27,34-56H2,1-3H3/b12-9-,19-16-,21-18-,25-22-,30-28-,32-29-,33-31-. The van der Waals surface area contributed by atoms with Crippen molar-refractivity contribution in [2.75, 3.05) is 13.2 Å². The van der Waals surface area contributed by atoms with E-state index in [2.05, 4.69) is 106 Å². The first-order valence-corrected chi connectivity index (χ1v) is 27.6. The third-order valence-corrected chi connectivity index (χ3v) is 11.7. The molecule has 0 saturated carbocycles. The Hall–Kier alpha value is -3.41. The number of ether oxygens (including phenoxy) is 3. The number of allylic oxidation sites excluding steroid dienone is 14. The van der Waals surface area contributed by atoms with Crippen molar-refractivity contribution < 1.29 is 28.6 Å². The molecule has 6 nitrogen and oxygen atoms in total. The van der Waals surface area contributed by atoms with Gasteiger partial charge >= 0.3 is 17.9 Å². The Balaban J connectivity index is 4.46. The normalized spacial score (nSPS) is 12.7. The Morgan fingerprint density at radius 3 is 1.09 bits per heavy atom. The monoisotopic (exact) mass is 919 g/mol. The molecule has 0 aliphatic rings. The van der Waals surface area contributed by atoms with E-state index in [1.165, 1.54) is 103 Å². The zero-order chi connectivity index (χ0) is 47.9. The maximum atomic E-state index is 12.8. The van der Waals surface area contributed by atoms with Gasteiger partial charge in [0.25, 0.3) is 0 Å². The van der Waals surface area contributed by atoms with Crippen LogP contribution in [-0.4, -0.2) is 37.2 Å². The number of carbonyl (C=O) groups excluding carboxylic acids is 3. The van der Waals surface area contributed by atoms with Gasteiger partial charge in [-0.2, -0.15) is 0 Å². The highest BCUT2D eigenvalue weighted by Crippen LogP contribution is 2.14. The quantitative estimate of drug-likeness (QED) is 0.0199. The van der Waals surface area contributed by atoms with Crippen LogP contribution in [0.15, 0.2) is 85.1 Å². The van der Waals surface area contributed by atoms with Gasteiger partial charge in [-0.25, -0.2) is 0 Å². The lowest BCUT2D eigenvalue weighted by molar-refractivity contribution is -0.167. The van der Waals surface area contributed by atoms with Gasteiger partial charge in [-0.15, -0.1) is 0 Å². The maximum Gasteiger partial charge on any atom is 0.306 e. The minimum Gasteiger partial charge on any atom is -0.462 e. The molecule has 0 fully saturated rings. The zero-order valence-electron chi connectivity index (χ0n) is 43.2. The van der Waals surface area contributed by atoms with E-state index in [1.807, 2.05) is 0 Å². The van der Waals surface area contributed by atoms with Gasteiger partial charge in [0.1, 0.15) is 13.2 Å². The molecule has 0 aliphatic heterocycles. The van der Waals surface area contributed by atoms with Crippen LogP contribution in [0.25, 0.3) is 0 Å². The van der Waals surface area contributed by atoms with Crippen molar-refractivity contribution >= 4 is 17.9 Å². The van der Waals surface area contributed by atoms with Crippen molar-refractivity contribution in [2.24, 2.45) is 0 Å². The number of rotatable bonds is 49. The van der Waals surface area contributed by atoms with Crippen LogP contribution in [0.2, 0.25) is 0 Å². The second-order valence-electron chi connectivity index (χ2n) is 18.2. The molecule has 0 rings (SSSR count). The Bertz CT molecular complexity index is 1290. The Morgan fingerprint density at radius 2 is 0.652 bits per heavy atom. The summed E-state index contributed by atoms with van der Waals surface area (Å²) in [5.41, 5.74) is 0. The fourth-order valence-corrected chi connectivity index (χ4v) is 7.55. The molecule has 0 saturated heterocycles. The molecule has 0 amide bonds. The molecule has 0 N–H and O–H groups in total. The topological polar surface area (TPSA) is 78.9 Å². The Kier molecular flexibility index (Phi) is 51.4. The van der Waals surface area contributed by atoms with Crippen LogP contribution in [0, 0.1) is 0 Å². The molecular formula is C60H102O6. The first-order valence-electron chi connectivity index (χ1n) is 27.6. The number of hydrogen-bond acceptors (Lipinski definition) is 6. The van der Waals surface area contributed by atoms with Crippen LogP contribution in [0.1, 0.15) is 258 Å². The van der Waals surface area contributed by atoms with Crippen LogP contribution in [0.4, 0.5) is 0 Å². The van der Waals surface area contributed by atoms with E-state index in [-0.39, 0.29) is 31.1 Å². The fraction of sp³-hybridized carbons (Fsp3) is 0.717. The average molecular weight is 919 g/mol. The van der Waals surface area contributed by atoms with Gasteiger partial charge in [0.05, 0.1) is 0 Å². The van der Waals surface area contributed by atoms with Crippen LogP contribution in [-0.2, 0) is 28.6 Å². The number of hydrogen-bond donors (Lipinski definition) is 0. The molecule has 0 spiro atoms. The summed E-state index contributed by atoms with van der Waals surface area (Å²) in [6, 6.07) is 0. The number of unbranched alkanes of at least 4 members (excludes halogenated alkanes) is 27. The molecule has 0 aromatic rings. The lowest BCUT2D eigenvalue weighted by Gasteiger charge is -2.18. The smallest absolute Gasteiger partial charge is 0.306 e. The predicted octanol–water partition coefficient (Wildman–Crippen LogP) is 18.4. The Labute approximate surface area is 407 Å². The molecule has 66 heavy (non-hydrogen) atoms. The molecule has 0 radical (unpaired) electrons. The highest BCUT2D eigenvalue weighted by molar-refractivity contribution is 5.71. The van der Waals surface area contributed by atoms with Crippen molar-refractivity contribution in [2.45, 2.75) is 264 Å². The molecule has 0 heterocycles. The van der Waals surface area contributed by atoms with E-state index < -0.39 is 6.10 Å². The van der Waals surface area contributed by atoms with E-state index in [1.54, 1.807) is 0 Å². The first kappa shape index (κ1) is 62.6. The SMILES string of the molecule is CC/C=C\C/C=C\CCCCCCCCCC(=O)OCC(COC(=O)CCCCCCC\C=C/C=C\C=C/C=C\CCCCC)OC(=O)CCCCCCC/C=C\CCCCCCCCC. The van der Waals surface area contributed by atoms with E-state index in [0.717, 1.165) is 116 Å². The van der Waals surface area contributed by atoms with E-state index in [0.29, 0.717) is 19.3 Å². The van der Waals surface area contributed by atoms with Crippen molar-refractivity contribution in [1.29, 1.82) is 0 Å². The molecule has 0 aromatic heterocycles. The fourth-order valence-electron chi connectivity index (χ4n) is 7.55. The van der Waals surface area contributed by atoms with Crippen molar-refractivity contribution in [3.63, 3.8) is 0 Å². The summed E-state index contributed by atoms with van der Waals surface area (Å²) in [4.78, 5) is 38.1. The summed E-state index contributed by atoms with van der Waals surface area (Å²) in [6.45, 7) is 6.47. The molecule has 0 aliphatic carbocycles. The summed E-state index contributed by atoms with van der Waals surface area (Å²) in [6.07, 6.45) is 69.9. The highest BCUT2D eigenvalue weighted by Gasteiger charge is 2.19. The molecular weight excluding hydrogens is 817 g/mol. The number of esters is 3. The molecule has 1 unspecified atom stereocenters.